The molecule has 0 saturated carbocycles. The molecule has 12 heteroatoms. The van der Waals surface area contributed by atoms with E-state index in [9.17, 15) is 24.4 Å². The van der Waals surface area contributed by atoms with Crippen molar-refractivity contribution in [3.05, 3.63) is 129 Å². The monoisotopic (exact) mass is 775 g/mol. The Kier molecular flexibility index (Phi) is 14.6. The van der Waals surface area contributed by atoms with Gasteiger partial charge in [0, 0.05) is 34.8 Å². The third kappa shape index (κ3) is 11.4. The molecule has 2 amide bonds. The lowest BCUT2D eigenvalue weighted by atomic mass is 9.95. The number of hydrogen-bond donors (Lipinski definition) is 3. The molecule has 2 aromatic heterocycles. The highest BCUT2D eigenvalue weighted by molar-refractivity contribution is 7.14. The molecule has 56 heavy (non-hydrogen) atoms. The molecule has 0 bridgehead atoms. The maximum absolute atomic E-state index is 13.8. The van der Waals surface area contributed by atoms with E-state index in [1.54, 1.807) is 60.9 Å². The molecular weight excluding hydrogens is 727 g/mol. The number of rotatable bonds is 19. The fourth-order valence-corrected chi connectivity index (χ4v) is 7.05. The van der Waals surface area contributed by atoms with Crippen LogP contribution in [0.25, 0.3) is 22.5 Å². The molecule has 0 unspecified atom stereocenters. The summed E-state index contributed by atoms with van der Waals surface area (Å²) in [5.74, 6) is -1.34. The molecule has 0 aliphatic rings. The number of unbranched alkanes of at least 4 members (excludes halogenated alkanes) is 4. The predicted molar refractivity (Wildman–Crippen MR) is 220 cm³/mol. The summed E-state index contributed by atoms with van der Waals surface area (Å²) in [5, 5.41) is 18.4. The zero-order valence-corrected chi connectivity index (χ0v) is 33.1. The number of nitrogens with zero attached hydrogens (tertiary/aromatic N) is 3. The lowest BCUT2D eigenvalue weighted by Crippen LogP contribution is -2.53. The zero-order chi connectivity index (χ0) is 40.1. The summed E-state index contributed by atoms with van der Waals surface area (Å²) in [7, 11) is 0. The third-order valence-corrected chi connectivity index (χ3v) is 10.8. The van der Waals surface area contributed by atoms with Crippen molar-refractivity contribution < 1.29 is 24.2 Å². The van der Waals surface area contributed by atoms with Crippen LogP contribution < -0.4 is 15.4 Å². The number of carboxylic acids is 1. The van der Waals surface area contributed by atoms with Crippen LogP contribution in [-0.4, -0.2) is 51.5 Å². The maximum Gasteiger partial charge on any atom is 0.328 e. The minimum absolute atomic E-state index is 0.0323. The van der Waals surface area contributed by atoms with E-state index in [4.69, 9.17) is 4.74 Å². The molecule has 5 aromatic rings. The van der Waals surface area contributed by atoms with Crippen LogP contribution in [-0.2, 0) is 21.4 Å². The second-order valence-corrected chi connectivity index (χ2v) is 15.8. The van der Waals surface area contributed by atoms with E-state index in [-0.39, 0.29) is 11.8 Å². The summed E-state index contributed by atoms with van der Waals surface area (Å²) < 4.78 is 5.90. The van der Waals surface area contributed by atoms with Gasteiger partial charge in [-0.15, -0.1) is 11.3 Å². The highest BCUT2D eigenvalue weighted by Gasteiger charge is 2.35. The van der Waals surface area contributed by atoms with Gasteiger partial charge in [-0.05, 0) is 52.8 Å². The fourth-order valence-electron chi connectivity index (χ4n) is 6.09. The summed E-state index contributed by atoms with van der Waals surface area (Å²) in [4.78, 5) is 62.2. The minimum atomic E-state index is -1.67. The van der Waals surface area contributed by atoms with Crippen molar-refractivity contribution in [1.29, 1.82) is 0 Å². The van der Waals surface area contributed by atoms with Gasteiger partial charge >= 0.3 is 5.97 Å². The molecule has 3 N–H and O–H groups in total. The van der Waals surface area contributed by atoms with Gasteiger partial charge in [0.1, 0.15) is 17.8 Å². The number of carboxylic acid groups (broad SMARTS) is 1. The van der Waals surface area contributed by atoms with Gasteiger partial charge in [-0.2, -0.15) is 4.91 Å². The van der Waals surface area contributed by atoms with Crippen molar-refractivity contribution in [2.45, 2.75) is 89.8 Å². The topological polar surface area (TPSA) is 160 Å². The Balaban J connectivity index is 1.29. The number of carbonyl (C=O) groups is 3. The lowest BCUT2D eigenvalue weighted by Gasteiger charge is -2.24. The van der Waals surface area contributed by atoms with E-state index in [1.807, 2.05) is 63.2 Å². The number of ether oxygens (including phenoxy) is 1. The number of amides is 2. The first kappa shape index (κ1) is 41.4. The summed E-state index contributed by atoms with van der Waals surface area (Å²) in [6.07, 6.45) is 9.50. The maximum atomic E-state index is 13.8. The van der Waals surface area contributed by atoms with E-state index >= 15 is 0 Å². The Morgan fingerprint density at radius 3 is 2.07 bits per heavy atom. The molecule has 0 aliphatic carbocycles. The molecule has 2 heterocycles. The van der Waals surface area contributed by atoms with Crippen molar-refractivity contribution in [1.82, 2.24) is 20.6 Å². The Hall–Kier alpha value is -5.75. The van der Waals surface area contributed by atoms with E-state index in [1.165, 1.54) is 37.0 Å². The minimum Gasteiger partial charge on any atom is -0.494 e. The van der Waals surface area contributed by atoms with E-state index in [0.29, 0.717) is 28.4 Å². The molecule has 0 aliphatic heterocycles. The summed E-state index contributed by atoms with van der Waals surface area (Å²) >= 11 is 1.32. The van der Waals surface area contributed by atoms with Crippen molar-refractivity contribution in [2.75, 3.05) is 6.61 Å². The smallest absolute Gasteiger partial charge is 0.328 e. The average molecular weight is 776 g/mol. The van der Waals surface area contributed by atoms with Crippen molar-refractivity contribution in [2.24, 2.45) is 5.18 Å². The SMILES string of the molecule is CCCCCCCOc1ccc(-c2cnc(-c3ccc(C[C@H](NC(=O)c4ccc(C(C)(C)C)s4)C(=O)N[C@@H](C(=O)O)[C@@H](N=O)c4ccccc4)cc3)nc2)cc1. The number of aliphatic carboxylic acids is 1. The van der Waals surface area contributed by atoms with E-state index in [0.717, 1.165) is 33.7 Å². The van der Waals surface area contributed by atoms with Gasteiger partial charge in [0.25, 0.3) is 5.91 Å². The van der Waals surface area contributed by atoms with E-state index in [2.05, 4.69) is 32.7 Å². The molecule has 0 radical (unpaired) electrons. The second kappa shape index (κ2) is 19.7. The van der Waals surface area contributed by atoms with Crippen molar-refractivity contribution in [3.63, 3.8) is 0 Å². The number of thiophene rings is 1. The van der Waals surface area contributed by atoms with Crippen LogP contribution in [0.15, 0.2) is 109 Å². The first-order valence-corrected chi connectivity index (χ1v) is 19.7. The van der Waals surface area contributed by atoms with Crippen molar-refractivity contribution >= 4 is 29.1 Å². The van der Waals surface area contributed by atoms with Gasteiger partial charge in [0.05, 0.1) is 11.5 Å². The largest absolute Gasteiger partial charge is 0.494 e. The van der Waals surface area contributed by atoms with Crippen LogP contribution in [0.4, 0.5) is 0 Å². The second-order valence-electron chi connectivity index (χ2n) is 14.7. The molecule has 11 nitrogen and oxygen atoms in total. The number of nitroso groups, excluding NO2 is 1. The predicted octanol–water partition coefficient (Wildman–Crippen LogP) is 8.94. The van der Waals surface area contributed by atoms with Gasteiger partial charge in [-0.1, -0.05) is 125 Å². The quantitative estimate of drug-likeness (QED) is 0.0554. The zero-order valence-electron chi connectivity index (χ0n) is 32.2. The van der Waals surface area contributed by atoms with Crippen LogP contribution in [0, 0.1) is 4.91 Å². The molecule has 292 valence electrons. The summed E-state index contributed by atoms with van der Waals surface area (Å²) in [6.45, 7) is 9.04. The highest BCUT2D eigenvalue weighted by atomic mass is 32.1. The van der Waals surface area contributed by atoms with Gasteiger partial charge in [-0.25, -0.2) is 14.8 Å². The van der Waals surface area contributed by atoms with Gasteiger partial charge in [-0.3, -0.25) is 9.59 Å². The van der Waals surface area contributed by atoms with Crippen LogP contribution >= 0.6 is 11.3 Å². The highest BCUT2D eigenvalue weighted by Crippen LogP contribution is 2.30. The Morgan fingerprint density at radius 1 is 0.804 bits per heavy atom. The molecular formula is C44H49N5O6S. The number of benzene rings is 3. The summed E-state index contributed by atoms with van der Waals surface area (Å²) in [6, 6.07) is 22.6. The Bertz CT molecular complexity index is 2050. The number of nitrogens with one attached hydrogen (secondary N) is 2. The Morgan fingerprint density at radius 2 is 1.46 bits per heavy atom. The van der Waals surface area contributed by atoms with Gasteiger partial charge in [0.15, 0.2) is 11.9 Å². The lowest BCUT2D eigenvalue weighted by molar-refractivity contribution is -0.142. The number of hydrogen-bond acceptors (Lipinski definition) is 9. The number of carbonyl (C=O) groups excluding carboxylic acids is 2. The standard InChI is InChI=1S/C44H49N5O6S/c1-5-6-7-8-12-25-55-34-21-19-30(20-22-34)33-27-45-40(46-28-33)32-17-15-29(16-18-32)26-35(47-42(51)36-23-24-37(56-36)44(2,3)4)41(50)48-39(43(52)53)38(49-54)31-13-10-9-11-14-31/h9-11,13-24,27-28,35,38-39H,5-8,12,25-26H2,1-4H3,(H,47,51)(H,48,50)(H,52,53)/t35-,38-,39+/m0/s1. The normalized spacial score (nSPS) is 12.9. The molecule has 5 rings (SSSR count). The Labute approximate surface area is 331 Å². The van der Waals surface area contributed by atoms with Gasteiger partial charge in [0.2, 0.25) is 5.91 Å². The van der Waals surface area contributed by atoms with E-state index < -0.39 is 35.9 Å². The van der Waals surface area contributed by atoms with Gasteiger partial charge < -0.3 is 20.5 Å². The van der Waals surface area contributed by atoms with Crippen LogP contribution in [0.5, 0.6) is 5.75 Å². The summed E-state index contributed by atoms with van der Waals surface area (Å²) in [5.41, 5.74) is 3.42. The molecule has 3 aromatic carbocycles. The molecule has 0 saturated heterocycles. The van der Waals surface area contributed by atoms with Crippen LogP contribution in [0.1, 0.15) is 91.5 Å². The van der Waals surface area contributed by atoms with Crippen molar-refractivity contribution in [3.8, 4) is 28.3 Å². The molecule has 3 atom stereocenters. The average Bonchev–Trinajstić information content (AvgIpc) is 3.72. The molecule has 0 fully saturated rings. The first-order valence-electron chi connectivity index (χ1n) is 18.9. The van der Waals surface area contributed by atoms with Crippen LogP contribution in [0.2, 0.25) is 0 Å². The first-order chi connectivity index (χ1) is 27.0. The molecule has 0 spiro atoms. The third-order valence-electron chi connectivity index (χ3n) is 9.33. The van der Waals surface area contributed by atoms with Crippen LogP contribution in [0.3, 0.4) is 0 Å². The number of aromatic nitrogens is 2. The fraction of sp³-hybridized carbons (Fsp3) is 0.341.